The first kappa shape index (κ1) is 19.0. The fourth-order valence-electron chi connectivity index (χ4n) is 4.55. The predicted molar refractivity (Wildman–Crippen MR) is 104 cm³/mol. The van der Waals surface area contributed by atoms with E-state index >= 15 is 0 Å². The average molecular weight is 386 g/mol. The van der Waals surface area contributed by atoms with Gasteiger partial charge in [0.25, 0.3) is 0 Å². The molecule has 146 valence electrons. The summed E-state index contributed by atoms with van der Waals surface area (Å²) in [6.07, 6.45) is 9.88. The third kappa shape index (κ3) is 3.52. The second kappa shape index (κ2) is 7.57. The van der Waals surface area contributed by atoms with E-state index in [1.165, 1.54) is 12.1 Å². The van der Waals surface area contributed by atoms with Crippen molar-refractivity contribution in [3.63, 3.8) is 0 Å². The molecule has 0 nitrogen and oxygen atoms in total. The summed E-state index contributed by atoms with van der Waals surface area (Å²) in [5.41, 5.74) is 2.03. The standard InChI is InChI=1S/C24H22F4/c1-2-3-14-4-6-15(7-5-14)18-12-22(27)24(23(28)13-18)19-8-16-10-20(25)21(26)11-17(16)9-19/h2-3,8,10-15H,4-7,9H2,1H3/b3-2+. The zero-order valence-electron chi connectivity index (χ0n) is 15.7. The molecule has 0 saturated heterocycles. The van der Waals surface area contributed by atoms with Crippen molar-refractivity contribution in [3.8, 4) is 0 Å². The molecule has 2 aliphatic rings. The van der Waals surface area contributed by atoms with Crippen LogP contribution in [0.15, 0.2) is 36.4 Å². The minimum absolute atomic E-state index is 0.0941. The van der Waals surface area contributed by atoms with Gasteiger partial charge in [-0.15, -0.1) is 0 Å². The molecule has 1 fully saturated rings. The summed E-state index contributed by atoms with van der Waals surface area (Å²) >= 11 is 0. The van der Waals surface area contributed by atoms with Gasteiger partial charge in [-0.2, -0.15) is 0 Å². The molecule has 0 aromatic heterocycles. The number of benzene rings is 2. The summed E-state index contributed by atoms with van der Waals surface area (Å²) in [5.74, 6) is -2.40. The van der Waals surface area contributed by atoms with E-state index in [1.54, 1.807) is 6.08 Å². The molecule has 4 rings (SSSR count). The normalized spacial score (nSPS) is 21.8. The number of halogens is 4. The lowest BCUT2D eigenvalue weighted by atomic mass is 9.78. The summed E-state index contributed by atoms with van der Waals surface area (Å²) in [6, 6.07) is 5.04. The van der Waals surface area contributed by atoms with Crippen molar-refractivity contribution >= 4 is 11.6 Å². The van der Waals surface area contributed by atoms with Crippen molar-refractivity contribution < 1.29 is 17.6 Å². The van der Waals surface area contributed by atoms with Gasteiger partial charge in [0.15, 0.2) is 11.6 Å². The van der Waals surface area contributed by atoms with E-state index < -0.39 is 23.3 Å². The Kier molecular flexibility index (Phi) is 5.13. The first-order chi connectivity index (χ1) is 13.5. The molecule has 0 bridgehead atoms. The van der Waals surface area contributed by atoms with Crippen LogP contribution >= 0.6 is 0 Å². The minimum Gasteiger partial charge on any atom is -0.206 e. The summed E-state index contributed by atoms with van der Waals surface area (Å²) in [5, 5.41) is 0. The van der Waals surface area contributed by atoms with Gasteiger partial charge in [0.1, 0.15) is 11.6 Å². The third-order valence-electron chi connectivity index (χ3n) is 5.99. The Hall–Kier alpha value is -2.36. The predicted octanol–water partition coefficient (Wildman–Crippen LogP) is 7.19. The van der Waals surface area contributed by atoms with Crippen molar-refractivity contribution in [1.82, 2.24) is 0 Å². The maximum absolute atomic E-state index is 14.9. The van der Waals surface area contributed by atoms with E-state index in [4.69, 9.17) is 0 Å². The van der Waals surface area contributed by atoms with E-state index in [0.29, 0.717) is 28.2 Å². The van der Waals surface area contributed by atoms with Crippen LogP contribution in [0, 0.1) is 29.2 Å². The molecule has 0 atom stereocenters. The topological polar surface area (TPSA) is 0 Å². The van der Waals surface area contributed by atoms with Crippen LogP contribution in [0.2, 0.25) is 0 Å². The molecule has 2 aromatic rings. The molecule has 4 heteroatoms. The van der Waals surface area contributed by atoms with Crippen LogP contribution in [-0.2, 0) is 6.42 Å². The van der Waals surface area contributed by atoms with Crippen LogP contribution in [0.4, 0.5) is 17.6 Å². The second-order valence-corrected chi connectivity index (χ2v) is 7.81. The van der Waals surface area contributed by atoms with Crippen molar-refractivity contribution in [2.24, 2.45) is 5.92 Å². The maximum Gasteiger partial charge on any atom is 0.159 e. The molecule has 0 amide bonds. The Balaban J connectivity index is 1.58. The van der Waals surface area contributed by atoms with Gasteiger partial charge in [-0.05, 0) is 97.4 Å². The Morgan fingerprint density at radius 3 is 2.11 bits per heavy atom. The quantitative estimate of drug-likeness (QED) is 0.387. The largest absolute Gasteiger partial charge is 0.206 e. The Labute approximate surface area is 162 Å². The average Bonchev–Trinajstić information content (AvgIpc) is 3.04. The fourth-order valence-corrected chi connectivity index (χ4v) is 4.55. The van der Waals surface area contributed by atoms with Gasteiger partial charge in [-0.3, -0.25) is 0 Å². The van der Waals surface area contributed by atoms with Gasteiger partial charge >= 0.3 is 0 Å². The highest BCUT2D eigenvalue weighted by Gasteiger charge is 2.26. The molecule has 0 aliphatic heterocycles. The first-order valence-electron chi connectivity index (χ1n) is 9.77. The Morgan fingerprint density at radius 2 is 1.46 bits per heavy atom. The zero-order valence-corrected chi connectivity index (χ0v) is 15.7. The SMILES string of the molecule is C/C=C/C1CCC(c2cc(F)c(C3=Cc4cc(F)c(F)cc4C3)c(F)c2)CC1. The Morgan fingerprint density at radius 1 is 0.821 bits per heavy atom. The van der Waals surface area contributed by atoms with Gasteiger partial charge in [0.2, 0.25) is 0 Å². The summed E-state index contributed by atoms with van der Waals surface area (Å²) in [7, 11) is 0. The summed E-state index contributed by atoms with van der Waals surface area (Å²) in [6.45, 7) is 2.01. The lowest BCUT2D eigenvalue weighted by Crippen LogP contribution is -2.12. The molecule has 2 aliphatic carbocycles. The monoisotopic (exact) mass is 386 g/mol. The van der Waals surface area contributed by atoms with E-state index in [9.17, 15) is 17.6 Å². The number of fused-ring (bicyclic) bond motifs is 1. The van der Waals surface area contributed by atoms with Crippen molar-refractivity contribution in [2.45, 2.75) is 44.9 Å². The third-order valence-corrected chi connectivity index (χ3v) is 5.99. The van der Waals surface area contributed by atoms with Gasteiger partial charge in [-0.25, -0.2) is 17.6 Å². The molecule has 0 N–H and O–H groups in total. The van der Waals surface area contributed by atoms with Crippen LogP contribution in [0.25, 0.3) is 11.6 Å². The highest BCUT2D eigenvalue weighted by Crippen LogP contribution is 2.40. The van der Waals surface area contributed by atoms with Crippen LogP contribution < -0.4 is 0 Å². The highest BCUT2D eigenvalue weighted by molar-refractivity contribution is 5.89. The lowest BCUT2D eigenvalue weighted by molar-refractivity contribution is 0.374. The number of rotatable bonds is 3. The molecule has 0 heterocycles. The van der Waals surface area contributed by atoms with E-state index in [-0.39, 0.29) is 17.9 Å². The highest BCUT2D eigenvalue weighted by atomic mass is 19.2. The zero-order chi connectivity index (χ0) is 19.8. The van der Waals surface area contributed by atoms with Gasteiger partial charge in [-0.1, -0.05) is 18.2 Å². The number of allylic oxidation sites excluding steroid dienone is 3. The van der Waals surface area contributed by atoms with Crippen LogP contribution in [0.3, 0.4) is 0 Å². The van der Waals surface area contributed by atoms with E-state index in [2.05, 4.69) is 12.2 Å². The second-order valence-electron chi connectivity index (χ2n) is 7.81. The van der Waals surface area contributed by atoms with Crippen molar-refractivity contribution in [3.05, 3.63) is 81.9 Å². The first-order valence-corrected chi connectivity index (χ1v) is 9.77. The molecule has 1 saturated carbocycles. The molecule has 28 heavy (non-hydrogen) atoms. The lowest BCUT2D eigenvalue weighted by Gasteiger charge is -2.27. The fraction of sp³-hybridized carbons (Fsp3) is 0.333. The van der Waals surface area contributed by atoms with Crippen molar-refractivity contribution in [1.29, 1.82) is 0 Å². The van der Waals surface area contributed by atoms with Gasteiger partial charge in [0, 0.05) is 5.56 Å². The smallest absolute Gasteiger partial charge is 0.159 e. The van der Waals surface area contributed by atoms with Gasteiger partial charge in [0.05, 0.1) is 0 Å². The Bertz CT molecular complexity index is 940. The molecule has 0 unspecified atom stereocenters. The minimum atomic E-state index is -0.957. The van der Waals surface area contributed by atoms with Crippen LogP contribution in [0.5, 0.6) is 0 Å². The molecular formula is C24H22F4. The summed E-state index contributed by atoms with van der Waals surface area (Å²) < 4.78 is 56.6. The maximum atomic E-state index is 14.9. The van der Waals surface area contributed by atoms with E-state index in [0.717, 1.165) is 37.8 Å². The van der Waals surface area contributed by atoms with Crippen molar-refractivity contribution in [2.75, 3.05) is 0 Å². The summed E-state index contributed by atoms with van der Waals surface area (Å²) in [4.78, 5) is 0. The van der Waals surface area contributed by atoms with Crippen LogP contribution in [0.1, 0.15) is 60.8 Å². The molecular weight excluding hydrogens is 364 g/mol. The number of hydrogen-bond donors (Lipinski definition) is 0. The molecule has 0 radical (unpaired) electrons. The van der Waals surface area contributed by atoms with E-state index in [1.807, 2.05) is 6.92 Å². The van der Waals surface area contributed by atoms with Crippen LogP contribution in [-0.4, -0.2) is 0 Å². The molecule has 0 spiro atoms. The van der Waals surface area contributed by atoms with Gasteiger partial charge < -0.3 is 0 Å². The molecule has 2 aromatic carbocycles. The number of hydrogen-bond acceptors (Lipinski definition) is 0.